The van der Waals surface area contributed by atoms with Gasteiger partial charge in [0.25, 0.3) is 10.0 Å². The monoisotopic (exact) mass is 322 g/mol. The first-order valence-electron chi connectivity index (χ1n) is 6.93. The van der Waals surface area contributed by atoms with Crippen LogP contribution in [0.4, 0.5) is 5.69 Å². The summed E-state index contributed by atoms with van der Waals surface area (Å²) in [6.07, 6.45) is 2.44. The Morgan fingerprint density at radius 1 is 1.29 bits per heavy atom. The average molecular weight is 322 g/mol. The van der Waals surface area contributed by atoms with Crippen molar-refractivity contribution in [3.63, 3.8) is 0 Å². The molecule has 1 aromatic heterocycles. The van der Waals surface area contributed by atoms with Crippen molar-refractivity contribution >= 4 is 27.0 Å². The van der Waals surface area contributed by atoms with Crippen LogP contribution >= 0.6 is 11.3 Å². The summed E-state index contributed by atoms with van der Waals surface area (Å²) < 4.78 is 27.6. The van der Waals surface area contributed by atoms with E-state index in [4.69, 9.17) is 0 Å². The summed E-state index contributed by atoms with van der Waals surface area (Å²) in [5, 5.41) is 7.06. The molecule has 0 bridgehead atoms. The molecule has 1 aliphatic carbocycles. The highest BCUT2D eigenvalue weighted by atomic mass is 32.2. The van der Waals surface area contributed by atoms with Gasteiger partial charge in [0, 0.05) is 18.0 Å². The van der Waals surface area contributed by atoms with E-state index in [0.717, 1.165) is 17.7 Å². The van der Waals surface area contributed by atoms with E-state index in [1.807, 2.05) is 18.4 Å². The highest BCUT2D eigenvalue weighted by Gasteiger charge is 2.22. The number of rotatable bonds is 6. The first kappa shape index (κ1) is 14.6. The number of anilines is 1. The molecule has 2 N–H and O–H groups in total. The topological polar surface area (TPSA) is 58.2 Å². The van der Waals surface area contributed by atoms with Crippen molar-refractivity contribution in [2.24, 2.45) is 0 Å². The summed E-state index contributed by atoms with van der Waals surface area (Å²) in [7, 11) is -3.53. The smallest absolute Gasteiger partial charge is 0.262 e. The predicted molar refractivity (Wildman–Crippen MR) is 86.2 cm³/mol. The standard InChI is InChI=1S/C15H18N2O2S2/c1-11-12(9-16-13-5-6-13)3-2-4-15(11)21(18,19)17-14-7-8-20-10-14/h2-4,7-8,10,13,16-17H,5-6,9H2,1H3. The van der Waals surface area contributed by atoms with Crippen molar-refractivity contribution in [1.82, 2.24) is 5.32 Å². The van der Waals surface area contributed by atoms with E-state index in [-0.39, 0.29) is 0 Å². The summed E-state index contributed by atoms with van der Waals surface area (Å²) in [6.45, 7) is 2.59. The second-order valence-corrected chi connectivity index (χ2v) is 7.74. The molecular weight excluding hydrogens is 304 g/mol. The fourth-order valence-corrected chi connectivity index (χ4v) is 4.22. The molecule has 1 aliphatic rings. The molecule has 4 nitrogen and oxygen atoms in total. The first-order valence-corrected chi connectivity index (χ1v) is 9.36. The Hall–Kier alpha value is -1.37. The summed E-state index contributed by atoms with van der Waals surface area (Å²) >= 11 is 1.46. The van der Waals surface area contributed by atoms with Crippen LogP contribution in [0.15, 0.2) is 39.9 Å². The van der Waals surface area contributed by atoms with Gasteiger partial charge in [-0.25, -0.2) is 8.42 Å². The Balaban J connectivity index is 1.84. The molecular formula is C15H18N2O2S2. The van der Waals surface area contributed by atoms with Crippen molar-refractivity contribution in [2.45, 2.75) is 37.2 Å². The minimum atomic E-state index is -3.53. The second kappa shape index (κ2) is 5.79. The van der Waals surface area contributed by atoms with Gasteiger partial charge in [0.1, 0.15) is 0 Å². The largest absolute Gasteiger partial charge is 0.310 e. The Labute approximate surface area is 129 Å². The van der Waals surface area contributed by atoms with E-state index in [1.54, 1.807) is 23.6 Å². The lowest BCUT2D eigenvalue weighted by atomic mass is 10.1. The summed E-state index contributed by atoms with van der Waals surface area (Å²) in [5.74, 6) is 0. The highest BCUT2D eigenvalue weighted by molar-refractivity contribution is 7.92. The van der Waals surface area contributed by atoms with Crippen LogP contribution < -0.4 is 10.0 Å². The molecule has 112 valence electrons. The Morgan fingerprint density at radius 2 is 2.10 bits per heavy atom. The molecule has 1 heterocycles. The molecule has 1 fully saturated rings. The molecule has 1 aromatic carbocycles. The van der Waals surface area contributed by atoms with E-state index in [1.165, 1.54) is 24.2 Å². The zero-order chi connectivity index (χ0) is 14.9. The molecule has 0 unspecified atom stereocenters. The van der Waals surface area contributed by atoms with Crippen LogP contribution in [0.1, 0.15) is 24.0 Å². The maximum Gasteiger partial charge on any atom is 0.262 e. The Kier molecular flexibility index (Phi) is 4.01. The van der Waals surface area contributed by atoms with Crippen molar-refractivity contribution in [1.29, 1.82) is 0 Å². The van der Waals surface area contributed by atoms with Crippen molar-refractivity contribution in [3.05, 3.63) is 46.2 Å². The third-order valence-electron chi connectivity index (χ3n) is 3.62. The number of hydrogen-bond acceptors (Lipinski definition) is 4. The number of hydrogen-bond donors (Lipinski definition) is 2. The van der Waals surface area contributed by atoms with Crippen LogP contribution in [0.25, 0.3) is 0 Å². The van der Waals surface area contributed by atoms with E-state index in [0.29, 0.717) is 16.6 Å². The first-order chi connectivity index (χ1) is 10.1. The third-order valence-corrected chi connectivity index (χ3v) is 5.83. The highest BCUT2D eigenvalue weighted by Crippen LogP contribution is 2.24. The van der Waals surface area contributed by atoms with Gasteiger partial charge in [-0.15, -0.1) is 0 Å². The molecule has 6 heteroatoms. The Bertz CT molecular complexity index is 720. The van der Waals surface area contributed by atoms with Gasteiger partial charge >= 0.3 is 0 Å². The number of benzene rings is 1. The molecule has 0 amide bonds. The minimum Gasteiger partial charge on any atom is -0.310 e. The second-order valence-electron chi connectivity index (χ2n) is 5.31. The Morgan fingerprint density at radius 3 is 2.76 bits per heavy atom. The normalized spacial score (nSPS) is 15.1. The van der Waals surface area contributed by atoms with Crippen LogP contribution in [-0.2, 0) is 16.6 Å². The van der Waals surface area contributed by atoms with Crippen LogP contribution in [0.5, 0.6) is 0 Å². The zero-order valence-electron chi connectivity index (χ0n) is 11.8. The van der Waals surface area contributed by atoms with Crippen LogP contribution in [0.2, 0.25) is 0 Å². The number of nitrogens with one attached hydrogen (secondary N) is 2. The van der Waals surface area contributed by atoms with Crippen LogP contribution in [-0.4, -0.2) is 14.5 Å². The lowest BCUT2D eigenvalue weighted by Gasteiger charge is -2.13. The lowest BCUT2D eigenvalue weighted by Crippen LogP contribution is -2.18. The summed E-state index contributed by atoms with van der Waals surface area (Å²) in [6, 6.07) is 7.81. The molecule has 1 saturated carbocycles. The molecule has 0 radical (unpaired) electrons. The molecule has 0 atom stereocenters. The van der Waals surface area contributed by atoms with Crippen LogP contribution in [0.3, 0.4) is 0 Å². The van der Waals surface area contributed by atoms with Gasteiger partial charge in [0.15, 0.2) is 0 Å². The molecule has 2 aromatic rings. The van der Waals surface area contributed by atoms with Crippen molar-refractivity contribution in [3.8, 4) is 0 Å². The van der Waals surface area contributed by atoms with E-state index in [2.05, 4.69) is 10.0 Å². The SMILES string of the molecule is Cc1c(CNC2CC2)cccc1S(=O)(=O)Nc1ccsc1. The molecule has 3 rings (SSSR count). The summed E-state index contributed by atoms with van der Waals surface area (Å²) in [4.78, 5) is 0.351. The molecule has 21 heavy (non-hydrogen) atoms. The van der Waals surface area contributed by atoms with Gasteiger partial charge < -0.3 is 5.32 Å². The zero-order valence-corrected chi connectivity index (χ0v) is 13.4. The van der Waals surface area contributed by atoms with Gasteiger partial charge in [-0.3, -0.25) is 4.72 Å². The predicted octanol–water partition coefficient (Wildman–Crippen LogP) is 3.11. The van der Waals surface area contributed by atoms with Crippen molar-refractivity contribution in [2.75, 3.05) is 4.72 Å². The summed E-state index contributed by atoms with van der Waals surface area (Å²) in [5.41, 5.74) is 2.46. The van der Waals surface area contributed by atoms with Gasteiger partial charge in [0.2, 0.25) is 0 Å². The fourth-order valence-electron chi connectivity index (χ4n) is 2.22. The van der Waals surface area contributed by atoms with E-state index < -0.39 is 10.0 Å². The third kappa shape index (κ3) is 3.45. The van der Waals surface area contributed by atoms with Gasteiger partial charge in [-0.2, -0.15) is 11.3 Å². The van der Waals surface area contributed by atoms with Crippen molar-refractivity contribution < 1.29 is 8.42 Å². The van der Waals surface area contributed by atoms with E-state index >= 15 is 0 Å². The quantitative estimate of drug-likeness (QED) is 0.859. The van der Waals surface area contributed by atoms with Gasteiger partial charge in [-0.05, 0) is 48.4 Å². The van der Waals surface area contributed by atoms with Gasteiger partial charge in [-0.1, -0.05) is 12.1 Å². The lowest BCUT2D eigenvalue weighted by molar-refractivity contribution is 0.600. The maximum absolute atomic E-state index is 12.5. The molecule has 0 aliphatic heterocycles. The number of sulfonamides is 1. The average Bonchev–Trinajstić information content (AvgIpc) is 3.14. The maximum atomic E-state index is 12.5. The molecule has 0 saturated heterocycles. The number of thiophene rings is 1. The van der Waals surface area contributed by atoms with Gasteiger partial charge in [0.05, 0.1) is 10.6 Å². The van der Waals surface area contributed by atoms with E-state index in [9.17, 15) is 8.42 Å². The molecule has 0 spiro atoms. The van der Waals surface area contributed by atoms with Crippen LogP contribution in [0, 0.1) is 6.92 Å². The fraction of sp³-hybridized carbons (Fsp3) is 0.333. The minimum absolute atomic E-state index is 0.351.